The van der Waals surface area contributed by atoms with E-state index in [1.54, 1.807) is 7.11 Å². The fourth-order valence-corrected chi connectivity index (χ4v) is 1.60. The Morgan fingerprint density at radius 3 is 2.70 bits per heavy atom. The van der Waals surface area contributed by atoms with E-state index in [4.69, 9.17) is 16.3 Å². The number of alkyl halides is 2. The maximum Gasteiger partial charge on any atom is 0.128 e. The van der Waals surface area contributed by atoms with E-state index in [0.717, 1.165) is 12.8 Å². The fourth-order valence-electron chi connectivity index (χ4n) is 1.31. The predicted octanol–water partition coefficient (Wildman–Crippen LogP) is 2.13. The molecule has 1 rings (SSSR count). The molecule has 3 unspecified atom stereocenters. The van der Waals surface area contributed by atoms with E-state index in [2.05, 4.69) is 0 Å². The van der Waals surface area contributed by atoms with Gasteiger partial charge in [0.05, 0.1) is 6.10 Å². The smallest absolute Gasteiger partial charge is 0.128 e. The molecule has 0 aromatic rings. The van der Waals surface area contributed by atoms with E-state index in [1.165, 1.54) is 0 Å². The van der Waals surface area contributed by atoms with Crippen LogP contribution in [0.3, 0.4) is 0 Å². The van der Waals surface area contributed by atoms with E-state index in [1.807, 2.05) is 0 Å². The monoisotopic (exact) mass is 166 g/mol. The standard InChI is InChI=1S/C7H12ClFO/c1-10-7-3-2-5(8)4-6(7)9/h5-7H,2-4H2,1H3. The molecule has 0 heterocycles. The molecule has 0 aliphatic heterocycles. The van der Waals surface area contributed by atoms with Crippen LogP contribution < -0.4 is 0 Å². The molecule has 0 spiro atoms. The van der Waals surface area contributed by atoms with Crippen LogP contribution in [0.2, 0.25) is 0 Å². The minimum absolute atomic E-state index is 0.0152. The molecular weight excluding hydrogens is 155 g/mol. The van der Waals surface area contributed by atoms with Gasteiger partial charge in [-0.25, -0.2) is 4.39 Å². The van der Waals surface area contributed by atoms with Gasteiger partial charge in [-0.3, -0.25) is 0 Å². The molecule has 1 fully saturated rings. The molecule has 0 aromatic heterocycles. The van der Waals surface area contributed by atoms with Crippen molar-refractivity contribution < 1.29 is 9.13 Å². The SMILES string of the molecule is COC1CCC(Cl)CC1F. The van der Waals surface area contributed by atoms with Gasteiger partial charge in [0, 0.05) is 12.5 Å². The maximum atomic E-state index is 12.9. The average molecular weight is 167 g/mol. The lowest BCUT2D eigenvalue weighted by Crippen LogP contribution is -2.32. The Hall–Kier alpha value is 0.180. The third kappa shape index (κ3) is 1.83. The Kier molecular flexibility index (Phi) is 2.93. The maximum absolute atomic E-state index is 12.9. The summed E-state index contributed by atoms with van der Waals surface area (Å²) in [5.74, 6) is 0. The summed E-state index contributed by atoms with van der Waals surface area (Å²) in [6.45, 7) is 0. The zero-order valence-corrected chi connectivity index (χ0v) is 6.77. The lowest BCUT2D eigenvalue weighted by molar-refractivity contribution is 0.00693. The second-order valence-corrected chi connectivity index (χ2v) is 3.32. The third-order valence-corrected chi connectivity index (χ3v) is 2.35. The van der Waals surface area contributed by atoms with E-state index >= 15 is 0 Å². The Morgan fingerprint density at radius 1 is 1.50 bits per heavy atom. The molecule has 3 heteroatoms. The molecule has 0 bridgehead atoms. The summed E-state index contributed by atoms with van der Waals surface area (Å²) in [4.78, 5) is 0. The van der Waals surface area contributed by atoms with Crippen LogP contribution in [0.4, 0.5) is 4.39 Å². The van der Waals surface area contributed by atoms with Gasteiger partial charge in [0.1, 0.15) is 6.17 Å². The van der Waals surface area contributed by atoms with E-state index in [9.17, 15) is 4.39 Å². The number of hydrogen-bond acceptors (Lipinski definition) is 1. The summed E-state index contributed by atoms with van der Waals surface area (Å²) in [7, 11) is 1.55. The molecule has 1 saturated carbocycles. The fraction of sp³-hybridized carbons (Fsp3) is 1.00. The first-order chi connectivity index (χ1) is 4.74. The van der Waals surface area contributed by atoms with Crippen LogP contribution in [0.1, 0.15) is 19.3 Å². The van der Waals surface area contributed by atoms with Gasteiger partial charge >= 0.3 is 0 Å². The summed E-state index contributed by atoms with van der Waals surface area (Å²) in [6.07, 6.45) is 1.00. The van der Waals surface area contributed by atoms with Gasteiger partial charge in [-0.05, 0) is 19.3 Å². The second kappa shape index (κ2) is 3.54. The number of rotatable bonds is 1. The van der Waals surface area contributed by atoms with Crippen molar-refractivity contribution in [3.8, 4) is 0 Å². The summed E-state index contributed by atoms with van der Waals surface area (Å²) in [5.41, 5.74) is 0. The van der Waals surface area contributed by atoms with Gasteiger partial charge in [0.15, 0.2) is 0 Å². The first kappa shape index (κ1) is 8.28. The first-order valence-electron chi connectivity index (χ1n) is 3.55. The average Bonchev–Trinajstić information content (AvgIpc) is 1.88. The van der Waals surface area contributed by atoms with Crippen LogP contribution in [-0.4, -0.2) is 24.8 Å². The molecule has 60 valence electrons. The van der Waals surface area contributed by atoms with Crippen molar-refractivity contribution in [2.24, 2.45) is 0 Å². The number of halogens is 2. The summed E-state index contributed by atoms with van der Waals surface area (Å²) < 4.78 is 17.8. The van der Waals surface area contributed by atoms with Crippen LogP contribution in [0.15, 0.2) is 0 Å². The first-order valence-corrected chi connectivity index (χ1v) is 3.98. The van der Waals surface area contributed by atoms with Gasteiger partial charge in [-0.1, -0.05) is 0 Å². The Morgan fingerprint density at radius 2 is 2.20 bits per heavy atom. The van der Waals surface area contributed by atoms with Gasteiger partial charge < -0.3 is 4.74 Å². The highest BCUT2D eigenvalue weighted by Crippen LogP contribution is 2.26. The molecule has 0 N–H and O–H groups in total. The van der Waals surface area contributed by atoms with Crippen molar-refractivity contribution in [1.82, 2.24) is 0 Å². The Labute approximate surface area is 65.5 Å². The number of methoxy groups -OCH3 is 1. The predicted molar refractivity (Wildman–Crippen MR) is 39.2 cm³/mol. The van der Waals surface area contributed by atoms with Crippen molar-refractivity contribution >= 4 is 11.6 Å². The molecular formula is C7H12ClFO. The van der Waals surface area contributed by atoms with Crippen LogP contribution in [0, 0.1) is 0 Å². The Bertz CT molecular complexity index is 110. The Balaban J connectivity index is 2.36. The summed E-state index contributed by atoms with van der Waals surface area (Å²) in [6, 6.07) is 0. The van der Waals surface area contributed by atoms with Crippen LogP contribution in [0.5, 0.6) is 0 Å². The molecule has 0 aromatic carbocycles. The van der Waals surface area contributed by atoms with Crippen molar-refractivity contribution in [3.63, 3.8) is 0 Å². The summed E-state index contributed by atoms with van der Waals surface area (Å²) >= 11 is 5.74. The second-order valence-electron chi connectivity index (χ2n) is 2.70. The van der Waals surface area contributed by atoms with Crippen LogP contribution >= 0.6 is 11.6 Å². The molecule has 10 heavy (non-hydrogen) atoms. The topological polar surface area (TPSA) is 9.23 Å². The molecule has 0 amide bonds. The highest BCUT2D eigenvalue weighted by Gasteiger charge is 2.29. The van der Waals surface area contributed by atoms with E-state index in [-0.39, 0.29) is 11.5 Å². The van der Waals surface area contributed by atoms with E-state index < -0.39 is 6.17 Å². The lowest BCUT2D eigenvalue weighted by atomic mass is 9.95. The van der Waals surface area contributed by atoms with Gasteiger partial charge in [0.2, 0.25) is 0 Å². The molecule has 0 saturated heterocycles. The van der Waals surface area contributed by atoms with E-state index in [0.29, 0.717) is 6.42 Å². The minimum atomic E-state index is -0.860. The number of ether oxygens (including phenoxy) is 1. The highest BCUT2D eigenvalue weighted by molar-refractivity contribution is 6.20. The minimum Gasteiger partial charge on any atom is -0.378 e. The zero-order chi connectivity index (χ0) is 7.56. The van der Waals surface area contributed by atoms with Crippen LogP contribution in [0.25, 0.3) is 0 Å². The zero-order valence-electron chi connectivity index (χ0n) is 6.02. The number of hydrogen-bond donors (Lipinski definition) is 0. The van der Waals surface area contributed by atoms with Crippen molar-refractivity contribution in [1.29, 1.82) is 0 Å². The molecule has 1 aliphatic rings. The molecule has 1 nitrogen and oxygen atoms in total. The lowest BCUT2D eigenvalue weighted by Gasteiger charge is -2.27. The largest absolute Gasteiger partial charge is 0.378 e. The van der Waals surface area contributed by atoms with Crippen molar-refractivity contribution in [2.45, 2.75) is 36.9 Å². The highest BCUT2D eigenvalue weighted by atomic mass is 35.5. The molecule has 1 aliphatic carbocycles. The van der Waals surface area contributed by atoms with Gasteiger partial charge in [-0.2, -0.15) is 0 Å². The van der Waals surface area contributed by atoms with Crippen LogP contribution in [-0.2, 0) is 4.74 Å². The molecule has 0 radical (unpaired) electrons. The van der Waals surface area contributed by atoms with Gasteiger partial charge in [-0.15, -0.1) is 11.6 Å². The van der Waals surface area contributed by atoms with Crippen molar-refractivity contribution in [2.75, 3.05) is 7.11 Å². The van der Waals surface area contributed by atoms with Crippen molar-refractivity contribution in [3.05, 3.63) is 0 Å². The normalized spacial score (nSPS) is 41.7. The quantitative estimate of drug-likeness (QED) is 0.543. The molecule has 3 atom stereocenters. The summed E-state index contributed by atoms with van der Waals surface area (Å²) in [5, 5.41) is 0.0152. The van der Waals surface area contributed by atoms with Gasteiger partial charge in [0.25, 0.3) is 0 Å². The third-order valence-electron chi connectivity index (χ3n) is 1.95.